The third kappa shape index (κ3) is 3.93. The minimum atomic E-state index is -0.593. The number of ether oxygens (including phenoxy) is 1. The molecule has 0 bridgehead atoms. The van der Waals surface area contributed by atoms with Gasteiger partial charge in [0.2, 0.25) is 5.91 Å². The average Bonchev–Trinajstić information content (AvgIpc) is 2.35. The molecule has 0 aliphatic rings. The molecule has 0 unspecified atom stereocenters. The van der Waals surface area contributed by atoms with Crippen LogP contribution in [0.2, 0.25) is 0 Å². The summed E-state index contributed by atoms with van der Waals surface area (Å²) in [6, 6.07) is 4.60. The summed E-state index contributed by atoms with van der Waals surface area (Å²) in [4.78, 5) is 22.0. The molecular formula is C13H15NO4. The number of carbonyl (C=O) groups is 2. The Bertz CT molecular complexity index is 480. The van der Waals surface area contributed by atoms with Crippen molar-refractivity contribution in [3.8, 4) is 5.75 Å². The maximum atomic E-state index is 11.3. The number of methoxy groups -OCH3 is 1. The first-order chi connectivity index (χ1) is 8.54. The van der Waals surface area contributed by atoms with Crippen molar-refractivity contribution in [1.82, 2.24) is 5.32 Å². The van der Waals surface area contributed by atoms with Crippen molar-refractivity contribution in [2.45, 2.75) is 6.92 Å². The number of rotatable bonds is 4. The number of carbonyl (C=O) groups excluding carboxylic acids is 2. The van der Waals surface area contributed by atoms with Crippen molar-refractivity contribution in [2.75, 3.05) is 13.7 Å². The largest absolute Gasteiger partial charge is 0.507 e. The quantitative estimate of drug-likeness (QED) is 0.789. The zero-order valence-corrected chi connectivity index (χ0v) is 10.3. The molecule has 1 aromatic carbocycles. The number of benzene rings is 1. The standard InChI is InChI=1S/C13H15NO4/c1-9(15)14-7-3-4-10-5-6-12(16)11(8-10)13(17)18-2/h3-6,8,16H,7H2,1-2H3,(H,14,15). The van der Waals surface area contributed by atoms with Crippen LogP contribution >= 0.6 is 0 Å². The number of phenolic OH excluding ortho intramolecular Hbond substituents is 1. The van der Waals surface area contributed by atoms with Gasteiger partial charge in [-0.05, 0) is 17.7 Å². The summed E-state index contributed by atoms with van der Waals surface area (Å²) in [5, 5.41) is 12.1. The molecule has 5 heteroatoms. The van der Waals surface area contributed by atoms with E-state index < -0.39 is 5.97 Å². The van der Waals surface area contributed by atoms with Crippen LogP contribution in [-0.4, -0.2) is 30.6 Å². The van der Waals surface area contributed by atoms with E-state index in [1.807, 2.05) is 0 Å². The van der Waals surface area contributed by atoms with Crippen LogP contribution in [0.4, 0.5) is 0 Å². The molecule has 18 heavy (non-hydrogen) atoms. The van der Waals surface area contributed by atoms with E-state index in [0.717, 1.165) is 5.56 Å². The van der Waals surface area contributed by atoms with Crippen LogP contribution in [0.1, 0.15) is 22.8 Å². The van der Waals surface area contributed by atoms with Gasteiger partial charge in [-0.3, -0.25) is 4.79 Å². The highest BCUT2D eigenvalue weighted by atomic mass is 16.5. The normalized spacial score (nSPS) is 10.3. The lowest BCUT2D eigenvalue weighted by Gasteiger charge is -2.03. The van der Waals surface area contributed by atoms with Crippen LogP contribution < -0.4 is 5.32 Å². The second-order valence-electron chi connectivity index (χ2n) is 3.61. The molecule has 0 heterocycles. The van der Waals surface area contributed by atoms with Gasteiger partial charge in [-0.25, -0.2) is 4.79 Å². The number of nitrogens with one attached hydrogen (secondary N) is 1. The summed E-state index contributed by atoms with van der Waals surface area (Å²) in [7, 11) is 1.25. The average molecular weight is 249 g/mol. The van der Waals surface area contributed by atoms with Crippen LogP contribution in [0.25, 0.3) is 6.08 Å². The molecule has 0 saturated heterocycles. The summed E-state index contributed by atoms with van der Waals surface area (Å²) in [5.74, 6) is -0.828. The fourth-order valence-corrected chi connectivity index (χ4v) is 1.33. The Morgan fingerprint density at radius 2 is 2.17 bits per heavy atom. The van der Waals surface area contributed by atoms with Gasteiger partial charge >= 0.3 is 5.97 Å². The van der Waals surface area contributed by atoms with Gasteiger partial charge in [0.05, 0.1) is 7.11 Å². The Balaban J connectivity index is 2.79. The van der Waals surface area contributed by atoms with E-state index >= 15 is 0 Å². The molecular weight excluding hydrogens is 234 g/mol. The van der Waals surface area contributed by atoms with E-state index in [1.54, 1.807) is 18.2 Å². The maximum absolute atomic E-state index is 11.3. The van der Waals surface area contributed by atoms with Crippen LogP contribution in [0, 0.1) is 0 Å². The molecule has 0 saturated carbocycles. The number of aromatic hydroxyl groups is 1. The van der Waals surface area contributed by atoms with Gasteiger partial charge in [-0.2, -0.15) is 0 Å². The lowest BCUT2D eigenvalue weighted by molar-refractivity contribution is -0.118. The molecule has 5 nitrogen and oxygen atoms in total. The highest BCUT2D eigenvalue weighted by Crippen LogP contribution is 2.20. The second kappa shape index (κ2) is 6.44. The molecule has 0 aliphatic heterocycles. The number of hydrogen-bond donors (Lipinski definition) is 2. The molecule has 0 aromatic heterocycles. The van der Waals surface area contributed by atoms with Gasteiger partial charge in [0.15, 0.2) is 0 Å². The van der Waals surface area contributed by atoms with Gasteiger partial charge in [-0.15, -0.1) is 0 Å². The molecule has 1 rings (SSSR count). The minimum absolute atomic E-state index is 0.110. The highest BCUT2D eigenvalue weighted by Gasteiger charge is 2.10. The van der Waals surface area contributed by atoms with Crippen molar-refractivity contribution >= 4 is 18.0 Å². The van der Waals surface area contributed by atoms with E-state index in [9.17, 15) is 14.7 Å². The molecule has 1 amide bonds. The van der Waals surface area contributed by atoms with Gasteiger partial charge in [-0.1, -0.05) is 18.2 Å². The maximum Gasteiger partial charge on any atom is 0.341 e. The van der Waals surface area contributed by atoms with Gasteiger partial charge in [0, 0.05) is 13.5 Å². The molecule has 0 radical (unpaired) electrons. The number of esters is 1. The van der Waals surface area contributed by atoms with Gasteiger partial charge < -0.3 is 15.2 Å². The molecule has 0 aliphatic carbocycles. The number of amides is 1. The molecule has 1 aromatic rings. The van der Waals surface area contributed by atoms with E-state index in [-0.39, 0.29) is 17.2 Å². The number of phenols is 1. The van der Waals surface area contributed by atoms with Crippen molar-refractivity contribution in [3.05, 3.63) is 35.4 Å². The van der Waals surface area contributed by atoms with Crippen LogP contribution in [0.15, 0.2) is 24.3 Å². The highest BCUT2D eigenvalue weighted by molar-refractivity contribution is 5.93. The number of hydrogen-bond acceptors (Lipinski definition) is 4. The SMILES string of the molecule is COC(=O)c1cc(C=CCNC(C)=O)ccc1O. The van der Waals surface area contributed by atoms with Crippen molar-refractivity contribution in [3.63, 3.8) is 0 Å². The summed E-state index contributed by atoms with van der Waals surface area (Å²) in [6.45, 7) is 1.84. The summed E-state index contributed by atoms with van der Waals surface area (Å²) in [6.07, 6.45) is 3.48. The lowest BCUT2D eigenvalue weighted by atomic mass is 10.1. The fraction of sp³-hybridized carbons (Fsp3) is 0.231. The molecule has 96 valence electrons. The molecule has 0 atom stereocenters. The third-order valence-electron chi connectivity index (χ3n) is 2.21. The Morgan fingerprint density at radius 1 is 1.44 bits per heavy atom. The van der Waals surface area contributed by atoms with E-state index in [1.165, 1.54) is 26.2 Å². The van der Waals surface area contributed by atoms with Crippen LogP contribution in [-0.2, 0) is 9.53 Å². The first-order valence-corrected chi connectivity index (χ1v) is 5.37. The zero-order chi connectivity index (χ0) is 13.5. The van der Waals surface area contributed by atoms with Gasteiger partial charge in [0.25, 0.3) is 0 Å². The minimum Gasteiger partial charge on any atom is -0.507 e. The first kappa shape index (κ1) is 13.8. The van der Waals surface area contributed by atoms with Crippen LogP contribution in [0.3, 0.4) is 0 Å². The Labute approximate surface area is 105 Å². The van der Waals surface area contributed by atoms with Crippen molar-refractivity contribution < 1.29 is 19.4 Å². The Hall–Kier alpha value is -2.30. The smallest absolute Gasteiger partial charge is 0.341 e. The summed E-state index contributed by atoms with van der Waals surface area (Å²) >= 11 is 0. The van der Waals surface area contributed by atoms with E-state index in [2.05, 4.69) is 10.1 Å². The summed E-state index contributed by atoms with van der Waals surface area (Å²) < 4.78 is 4.55. The Kier molecular flexibility index (Phi) is 4.92. The second-order valence-corrected chi connectivity index (χ2v) is 3.61. The lowest BCUT2D eigenvalue weighted by Crippen LogP contribution is -2.19. The van der Waals surface area contributed by atoms with Crippen molar-refractivity contribution in [2.24, 2.45) is 0 Å². The fourth-order valence-electron chi connectivity index (χ4n) is 1.33. The topological polar surface area (TPSA) is 75.6 Å². The summed E-state index contributed by atoms with van der Waals surface area (Å²) in [5.41, 5.74) is 0.845. The van der Waals surface area contributed by atoms with Crippen LogP contribution in [0.5, 0.6) is 5.75 Å². The van der Waals surface area contributed by atoms with E-state index in [4.69, 9.17) is 0 Å². The third-order valence-corrected chi connectivity index (χ3v) is 2.21. The first-order valence-electron chi connectivity index (χ1n) is 5.37. The predicted molar refractivity (Wildman–Crippen MR) is 67.2 cm³/mol. The molecule has 0 spiro atoms. The molecule has 2 N–H and O–H groups in total. The van der Waals surface area contributed by atoms with E-state index in [0.29, 0.717) is 6.54 Å². The van der Waals surface area contributed by atoms with Crippen molar-refractivity contribution in [1.29, 1.82) is 0 Å². The monoisotopic (exact) mass is 249 g/mol. The Morgan fingerprint density at radius 3 is 2.78 bits per heavy atom. The molecule has 0 fully saturated rings. The zero-order valence-electron chi connectivity index (χ0n) is 10.3. The van der Waals surface area contributed by atoms with Gasteiger partial charge in [0.1, 0.15) is 11.3 Å². The predicted octanol–water partition coefficient (Wildman–Crippen LogP) is 1.33.